The molecule has 2 aromatic rings. The lowest BCUT2D eigenvalue weighted by Crippen LogP contribution is -2.23. The summed E-state index contributed by atoms with van der Waals surface area (Å²) in [4.78, 5) is 0. The van der Waals surface area contributed by atoms with Crippen LogP contribution in [0.5, 0.6) is 0 Å². The molecule has 0 amide bonds. The number of benzene rings is 1. The molecule has 5 nitrogen and oxygen atoms in total. The van der Waals surface area contributed by atoms with E-state index in [0.717, 1.165) is 12.2 Å². The smallest absolute Gasteiger partial charge is 0.0698 e. The maximum atomic E-state index is 8.60. The fourth-order valence-corrected chi connectivity index (χ4v) is 1.97. The summed E-state index contributed by atoms with van der Waals surface area (Å²) in [6.45, 7) is 3.96. The Labute approximate surface area is 119 Å². The highest BCUT2D eigenvalue weighted by Crippen LogP contribution is 2.15. The van der Waals surface area contributed by atoms with E-state index in [1.165, 1.54) is 5.56 Å². The fraction of sp³-hybridized carbons (Fsp3) is 0.400. The molecule has 5 heteroatoms. The van der Waals surface area contributed by atoms with E-state index < -0.39 is 0 Å². The predicted molar refractivity (Wildman–Crippen MR) is 77.9 cm³/mol. The third-order valence-corrected chi connectivity index (χ3v) is 3.09. The van der Waals surface area contributed by atoms with Crippen LogP contribution in [0.3, 0.4) is 0 Å². The Morgan fingerprint density at radius 3 is 2.75 bits per heavy atom. The molecule has 1 atom stereocenters. The highest BCUT2D eigenvalue weighted by molar-refractivity contribution is 5.34. The second-order valence-corrected chi connectivity index (χ2v) is 4.55. The summed E-state index contributed by atoms with van der Waals surface area (Å²) >= 11 is 0. The van der Waals surface area contributed by atoms with Crippen molar-refractivity contribution < 1.29 is 9.84 Å². The molecule has 0 bridgehead atoms. The van der Waals surface area contributed by atoms with Crippen LogP contribution in [0.25, 0.3) is 5.69 Å². The Balaban J connectivity index is 1.83. The van der Waals surface area contributed by atoms with Crippen molar-refractivity contribution in [2.45, 2.75) is 13.0 Å². The number of ether oxygens (including phenoxy) is 1. The molecule has 108 valence electrons. The van der Waals surface area contributed by atoms with Crippen molar-refractivity contribution >= 4 is 0 Å². The molecule has 2 rings (SSSR count). The van der Waals surface area contributed by atoms with Gasteiger partial charge in [-0.1, -0.05) is 12.1 Å². The monoisotopic (exact) mass is 275 g/mol. The Bertz CT molecular complexity index is 482. The molecule has 0 aliphatic heterocycles. The number of aliphatic hydroxyl groups excluding tert-OH is 1. The van der Waals surface area contributed by atoms with Gasteiger partial charge >= 0.3 is 0 Å². The zero-order valence-electron chi connectivity index (χ0n) is 11.7. The van der Waals surface area contributed by atoms with Gasteiger partial charge in [0, 0.05) is 25.0 Å². The van der Waals surface area contributed by atoms with Crippen molar-refractivity contribution in [2.75, 3.05) is 26.4 Å². The lowest BCUT2D eigenvalue weighted by molar-refractivity contribution is 0.0928. The molecule has 0 saturated heterocycles. The summed E-state index contributed by atoms with van der Waals surface area (Å²) < 4.78 is 7.05. The van der Waals surface area contributed by atoms with Crippen molar-refractivity contribution in [1.82, 2.24) is 15.1 Å². The Hall–Kier alpha value is -1.69. The van der Waals surface area contributed by atoms with Gasteiger partial charge in [0.15, 0.2) is 0 Å². The number of aromatic nitrogens is 2. The van der Waals surface area contributed by atoms with Crippen LogP contribution in [0.4, 0.5) is 0 Å². The molecule has 0 aliphatic rings. The first kappa shape index (κ1) is 14.7. The fourth-order valence-electron chi connectivity index (χ4n) is 1.97. The second-order valence-electron chi connectivity index (χ2n) is 4.55. The van der Waals surface area contributed by atoms with E-state index in [4.69, 9.17) is 9.84 Å². The highest BCUT2D eigenvalue weighted by atomic mass is 16.5. The van der Waals surface area contributed by atoms with E-state index in [1.54, 1.807) is 6.20 Å². The predicted octanol–water partition coefficient (Wildman–Crippen LogP) is 1.53. The highest BCUT2D eigenvalue weighted by Gasteiger charge is 2.04. The molecule has 0 radical (unpaired) electrons. The van der Waals surface area contributed by atoms with Crippen LogP contribution in [0, 0.1) is 0 Å². The Morgan fingerprint density at radius 1 is 1.30 bits per heavy atom. The minimum atomic E-state index is 0.0739. The average molecular weight is 275 g/mol. The summed E-state index contributed by atoms with van der Waals surface area (Å²) in [5.41, 5.74) is 2.28. The van der Waals surface area contributed by atoms with E-state index in [9.17, 15) is 0 Å². The zero-order chi connectivity index (χ0) is 14.2. The molecule has 0 fully saturated rings. The maximum absolute atomic E-state index is 8.60. The van der Waals surface area contributed by atoms with Crippen LogP contribution in [0.15, 0.2) is 42.7 Å². The van der Waals surface area contributed by atoms with Gasteiger partial charge in [-0.05, 0) is 30.7 Å². The minimum Gasteiger partial charge on any atom is -0.394 e. The summed E-state index contributed by atoms with van der Waals surface area (Å²) in [7, 11) is 0. The van der Waals surface area contributed by atoms with Gasteiger partial charge in [-0.15, -0.1) is 0 Å². The van der Waals surface area contributed by atoms with E-state index in [1.807, 2.05) is 16.9 Å². The van der Waals surface area contributed by atoms with Crippen molar-refractivity contribution in [3.8, 4) is 5.69 Å². The third kappa shape index (κ3) is 4.16. The lowest BCUT2D eigenvalue weighted by atomic mass is 10.1. The molecule has 1 heterocycles. The number of aliphatic hydroxyl groups is 1. The largest absolute Gasteiger partial charge is 0.394 e. The number of hydrogen-bond acceptors (Lipinski definition) is 4. The van der Waals surface area contributed by atoms with Gasteiger partial charge < -0.3 is 15.2 Å². The molecule has 1 aromatic carbocycles. The number of rotatable bonds is 8. The first-order chi connectivity index (χ1) is 9.81. The van der Waals surface area contributed by atoms with Crippen LogP contribution in [-0.2, 0) is 4.74 Å². The third-order valence-electron chi connectivity index (χ3n) is 3.09. The molecule has 0 aliphatic carbocycles. The first-order valence-electron chi connectivity index (χ1n) is 6.83. The van der Waals surface area contributed by atoms with Crippen LogP contribution < -0.4 is 5.32 Å². The van der Waals surface area contributed by atoms with Crippen LogP contribution >= 0.6 is 0 Å². The van der Waals surface area contributed by atoms with E-state index in [0.29, 0.717) is 13.2 Å². The molecular weight excluding hydrogens is 254 g/mol. The maximum Gasteiger partial charge on any atom is 0.0698 e. The number of hydrogen-bond donors (Lipinski definition) is 2. The molecule has 0 spiro atoms. The van der Waals surface area contributed by atoms with Gasteiger partial charge in [-0.3, -0.25) is 0 Å². The lowest BCUT2D eigenvalue weighted by Gasteiger charge is -2.14. The van der Waals surface area contributed by atoms with Gasteiger partial charge in [-0.25, -0.2) is 4.68 Å². The quantitative estimate of drug-likeness (QED) is 0.717. The minimum absolute atomic E-state index is 0.0739. The number of nitrogens with zero attached hydrogens (tertiary/aromatic N) is 2. The van der Waals surface area contributed by atoms with Crippen LogP contribution in [0.1, 0.15) is 18.5 Å². The molecular formula is C15H21N3O2. The molecule has 0 saturated carbocycles. The van der Waals surface area contributed by atoms with Gasteiger partial charge in [0.1, 0.15) is 0 Å². The second kappa shape index (κ2) is 7.79. The van der Waals surface area contributed by atoms with E-state index in [-0.39, 0.29) is 12.6 Å². The first-order valence-corrected chi connectivity index (χ1v) is 6.83. The Morgan fingerprint density at radius 2 is 2.10 bits per heavy atom. The van der Waals surface area contributed by atoms with Crippen molar-refractivity contribution in [1.29, 1.82) is 0 Å². The zero-order valence-corrected chi connectivity index (χ0v) is 11.7. The van der Waals surface area contributed by atoms with E-state index >= 15 is 0 Å². The molecule has 2 N–H and O–H groups in total. The average Bonchev–Trinajstić information content (AvgIpc) is 3.01. The summed E-state index contributed by atoms with van der Waals surface area (Å²) in [5, 5.41) is 16.2. The van der Waals surface area contributed by atoms with Gasteiger partial charge in [0.25, 0.3) is 0 Å². The van der Waals surface area contributed by atoms with Gasteiger partial charge in [0.2, 0.25) is 0 Å². The molecule has 1 unspecified atom stereocenters. The Kier molecular flexibility index (Phi) is 5.73. The standard InChI is InChI=1S/C15H21N3O2/c1-13(16-8-11-20-12-10-19)14-3-5-15(6-4-14)18-9-2-7-17-18/h2-7,9,13,16,19H,8,10-12H2,1H3. The topological polar surface area (TPSA) is 59.3 Å². The van der Waals surface area contributed by atoms with Gasteiger partial charge in [-0.2, -0.15) is 5.10 Å². The van der Waals surface area contributed by atoms with Crippen molar-refractivity contribution in [3.05, 3.63) is 48.3 Å². The normalized spacial score (nSPS) is 12.5. The summed E-state index contributed by atoms with van der Waals surface area (Å²) in [5.74, 6) is 0. The molecule has 1 aromatic heterocycles. The summed E-state index contributed by atoms with van der Waals surface area (Å²) in [6.07, 6.45) is 3.69. The molecule has 20 heavy (non-hydrogen) atoms. The van der Waals surface area contributed by atoms with Crippen LogP contribution in [-0.4, -0.2) is 41.3 Å². The number of nitrogens with one attached hydrogen (secondary N) is 1. The van der Waals surface area contributed by atoms with E-state index in [2.05, 4.69) is 41.6 Å². The van der Waals surface area contributed by atoms with Crippen LogP contribution in [0.2, 0.25) is 0 Å². The SMILES string of the molecule is CC(NCCOCCO)c1ccc(-n2cccn2)cc1. The summed E-state index contributed by atoms with van der Waals surface area (Å²) in [6, 6.07) is 10.5. The van der Waals surface area contributed by atoms with Crippen molar-refractivity contribution in [3.63, 3.8) is 0 Å². The van der Waals surface area contributed by atoms with Crippen molar-refractivity contribution in [2.24, 2.45) is 0 Å². The van der Waals surface area contributed by atoms with Gasteiger partial charge in [0.05, 0.1) is 25.5 Å².